The molecule has 14 heteroatoms. The molecule has 0 aliphatic heterocycles. The molecule has 1 atom stereocenters. The van der Waals surface area contributed by atoms with Gasteiger partial charge in [0.2, 0.25) is 5.82 Å². The molecule has 0 radical (unpaired) electrons. The second kappa shape index (κ2) is 9.88. The van der Waals surface area contributed by atoms with Crippen molar-refractivity contribution in [2.45, 2.75) is 32.1 Å². The number of benzene rings is 1. The minimum Gasteiger partial charge on any atom is -0.479 e. The van der Waals surface area contributed by atoms with Crippen molar-refractivity contribution < 1.29 is 45.0 Å². The van der Waals surface area contributed by atoms with Gasteiger partial charge in [0, 0.05) is 11.6 Å². The highest BCUT2D eigenvalue weighted by Gasteiger charge is 2.38. The maximum atomic E-state index is 14.4. The van der Waals surface area contributed by atoms with E-state index in [1.54, 1.807) is 0 Å². The molecule has 3 rings (SSSR count). The average Bonchev–Trinajstić information content (AvgIpc) is 3.24. The Hall–Kier alpha value is -3.71. The zero-order chi connectivity index (χ0) is 26.0. The Balaban J connectivity index is 2.13. The Morgan fingerprint density at radius 3 is 2.31 bits per heavy atom. The summed E-state index contributed by atoms with van der Waals surface area (Å²) in [4.78, 5) is 18.6. The zero-order valence-electron chi connectivity index (χ0n) is 18.1. The SMILES string of the molecule is CCOC(=O)c1cc(-c2cc(F)cc(OC(C)(CF)C(F)F)c2)n(-c2cnc(C(F)(F)F)nc2)n1. The van der Waals surface area contributed by atoms with E-state index >= 15 is 0 Å². The number of alkyl halides is 6. The third kappa shape index (κ3) is 5.69. The van der Waals surface area contributed by atoms with Gasteiger partial charge < -0.3 is 9.47 Å². The largest absolute Gasteiger partial charge is 0.479 e. The van der Waals surface area contributed by atoms with Crippen molar-refractivity contribution in [1.82, 2.24) is 19.7 Å². The Kier molecular flexibility index (Phi) is 7.31. The quantitative estimate of drug-likeness (QED) is 0.315. The van der Waals surface area contributed by atoms with Gasteiger partial charge in [-0.2, -0.15) is 18.3 Å². The number of ether oxygens (including phenoxy) is 2. The van der Waals surface area contributed by atoms with Crippen LogP contribution >= 0.6 is 0 Å². The summed E-state index contributed by atoms with van der Waals surface area (Å²) in [7, 11) is 0. The Morgan fingerprint density at radius 1 is 1.11 bits per heavy atom. The normalized spacial score (nSPS) is 13.5. The van der Waals surface area contributed by atoms with Crippen LogP contribution in [-0.2, 0) is 10.9 Å². The molecule has 35 heavy (non-hydrogen) atoms. The zero-order valence-corrected chi connectivity index (χ0v) is 18.1. The smallest absolute Gasteiger partial charge is 0.451 e. The van der Waals surface area contributed by atoms with Crippen molar-refractivity contribution in [3.8, 4) is 22.7 Å². The first kappa shape index (κ1) is 25.9. The fraction of sp³-hybridized carbons (Fsp3) is 0.333. The van der Waals surface area contributed by atoms with Gasteiger partial charge in [0.1, 0.15) is 23.9 Å². The number of halogens is 7. The van der Waals surface area contributed by atoms with Gasteiger partial charge >= 0.3 is 12.1 Å². The fourth-order valence-electron chi connectivity index (χ4n) is 2.83. The molecule has 0 amide bonds. The number of hydrogen-bond acceptors (Lipinski definition) is 6. The van der Waals surface area contributed by atoms with Crippen LogP contribution in [0.2, 0.25) is 0 Å². The van der Waals surface area contributed by atoms with Gasteiger partial charge in [-0.15, -0.1) is 0 Å². The van der Waals surface area contributed by atoms with E-state index in [-0.39, 0.29) is 29.2 Å². The third-order valence-electron chi connectivity index (χ3n) is 4.58. The number of carbonyl (C=O) groups excluding carboxylic acids is 1. The monoisotopic (exact) mass is 506 g/mol. The summed E-state index contributed by atoms with van der Waals surface area (Å²) in [5.74, 6) is -3.76. The molecule has 2 aromatic heterocycles. The van der Waals surface area contributed by atoms with Gasteiger partial charge in [-0.05, 0) is 32.0 Å². The second-order valence-corrected chi connectivity index (χ2v) is 7.33. The van der Waals surface area contributed by atoms with Crippen LogP contribution in [0.15, 0.2) is 36.7 Å². The molecule has 0 saturated heterocycles. The molecule has 2 heterocycles. The van der Waals surface area contributed by atoms with Gasteiger partial charge in [0.05, 0.1) is 24.7 Å². The highest BCUT2D eigenvalue weighted by molar-refractivity contribution is 5.89. The van der Waals surface area contributed by atoms with Crippen molar-refractivity contribution >= 4 is 5.97 Å². The molecule has 0 aliphatic rings. The number of carbonyl (C=O) groups is 1. The molecule has 0 saturated carbocycles. The van der Waals surface area contributed by atoms with E-state index in [1.165, 1.54) is 6.92 Å². The lowest BCUT2D eigenvalue weighted by Crippen LogP contribution is -2.42. The van der Waals surface area contributed by atoms with Crippen LogP contribution in [0.5, 0.6) is 5.75 Å². The summed E-state index contributed by atoms with van der Waals surface area (Å²) in [5, 5.41) is 3.98. The first-order valence-corrected chi connectivity index (χ1v) is 9.89. The summed E-state index contributed by atoms with van der Waals surface area (Å²) in [6, 6.07) is 3.88. The van der Waals surface area contributed by atoms with Crippen LogP contribution in [0.25, 0.3) is 16.9 Å². The summed E-state index contributed by atoms with van der Waals surface area (Å²) >= 11 is 0. The highest BCUT2D eigenvalue weighted by Crippen LogP contribution is 2.32. The van der Waals surface area contributed by atoms with Crippen LogP contribution in [-0.4, -0.2) is 51.0 Å². The number of nitrogens with zero attached hydrogens (tertiary/aromatic N) is 4. The molecule has 0 aliphatic carbocycles. The van der Waals surface area contributed by atoms with Crippen molar-refractivity contribution in [3.63, 3.8) is 0 Å². The maximum Gasteiger partial charge on any atom is 0.451 e. The lowest BCUT2D eigenvalue weighted by atomic mass is 10.1. The van der Waals surface area contributed by atoms with E-state index < -0.39 is 48.2 Å². The molecule has 7 nitrogen and oxygen atoms in total. The topological polar surface area (TPSA) is 79.1 Å². The van der Waals surface area contributed by atoms with Gasteiger partial charge in [-0.1, -0.05) is 0 Å². The molecule has 3 aromatic rings. The van der Waals surface area contributed by atoms with E-state index in [0.717, 1.165) is 48.3 Å². The van der Waals surface area contributed by atoms with E-state index in [4.69, 9.17) is 9.47 Å². The predicted octanol–water partition coefficient (Wildman–Crippen LogP) is 5.04. The van der Waals surface area contributed by atoms with E-state index in [1.807, 2.05) is 0 Å². The van der Waals surface area contributed by atoms with Crippen molar-refractivity contribution in [3.05, 3.63) is 54.0 Å². The van der Waals surface area contributed by atoms with Crippen LogP contribution in [0.1, 0.15) is 30.2 Å². The van der Waals surface area contributed by atoms with Gasteiger partial charge in [0.15, 0.2) is 11.3 Å². The van der Waals surface area contributed by atoms with E-state index in [2.05, 4.69) is 15.1 Å². The van der Waals surface area contributed by atoms with E-state index in [9.17, 15) is 35.5 Å². The van der Waals surface area contributed by atoms with E-state index in [0.29, 0.717) is 0 Å². The van der Waals surface area contributed by atoms with Crippen molar-refractivity contribution in [2.75, 3.05) is 13.3 Å². The highest BCUT2D eigenvalue weighted by atomic mass is 19.4. The Morgan fingerprint density at radius 2 is 1.77 bits per heavy atom. The van der Waals surface area contributed by atoms with Gasteiger partial charge in [-0.3, -0.25) is 0 Å². The molecule has 0 bridgehead atoms. The average molecular weight is 506 g/mol. The Labute approximate surface area is 193 Å². The number of hydrogen-bond donors (Lipinski definition) is 0. The second-order valence-electron chi connectivity index (χ2n) is 7.33. The van der Waals surface area contributed by atoms with Crippen LogP contribution in [0.3, 0.4) is 0 Å². The summed E-state index contributed by atoms with van der Waals surface area (Å²) in [5.41, 5.74) is -3.16. The predicted molar refractivity (Wildman–Crippen MR) is 107 cm³/mol. The minimum atomic E-state index is -4.82. The standard InChI is InChI=1S/C21H17F7N4O3/c1-3-34-17(33)15-7-16(32(31-15)13-8-29-19(30-9-13)21(26,27)28)11-4-12(23)6-14(5-11)35-20(2,10-22)18(24)25/h4-9,18H,3,10H2,1-2H3. The third-order valence-corrected chi connectivity index (χ3v) is 4.58. The van der Waals surface area contributed by atoms with Gasteiger partial charge in [-0.25, -0.2) is 37.0 Å². The molecule has 188 valence electrons. The van der Waals surface area contributed by atoms with Crippen LogP contribution in [0, 0.1) is 5.82 Å². The first-order valence-electron chi connectivity index (χ1n) is 9.89. The molecule has 1 aromatic carbocycles. The summed E-state index contributed by atoms with van der Waals surface area (Å²) in [6.45, 7) is 0.730. The minimum absolute atomic E-state index is 0.0161. The van der Waals surface area contributed by atoms with Crippen LogP contribution < -0.4 is 4.74 Å². The fourth-order valence-corrected chi connectivity index (χ4v) is 2.83. The summed E-state index contributed by atoms with van der Waals surface area (Å²) in [6.07, 6.45) is -6.52. The van der Waals surface area contributed by atoms with Gasteiger partial charge in [0.25, 0.3) is 6.43 Å². The number of rotatable bonds is 8. The number of esters is 1. The first-order chi connectivity index (χ1) is 16.4. The molecule has 0 N–H and O–H groups in total. The van der Waals surface area contributed by atoms with Crippen LogP contribution in [0.4, 0.5) is 30.7 Å². The summed E-state index contributed by atoms with van der Waals surface area (Å²) < 4.78 is 103. The molecule has 0 spiro atoms. The van der Waals surface area contributed by atoms with Crippen molar-refractivity contribution in [2.24, 2.45) is 0 Å². The molecular formula is C21H17F7N4O3. The number of aromatic nitrogens is 4. The maximum absolute atomic E-state index is 14.4. The molecule has 0 fully saturated rings. The lowest BCUT2D eigenvalue weighted by molar-refractivity contribution is -0.145. The lowest BCUT2D eigenvalue weighted by Gasteiger charge is -2.27. The van der Waals surface area contributed by atoms with Crippen molar-refractivity contribution in [1.29, 1.82) is 0 Å². The molecule has 1 unspecified atom stereocenters. The Bertz CT molecular complexity index is 1200. The molecular weight excluding hydrogens is 489 g/mol.